The molecule has 0 bridgehead atoms. The molecule has 0 spiro atoms. The highest BCUT2D eigenvalue weighted by atomic mass is 32.1. The number of hydrogen-bond donors (Lipinski definition) is 1. The molecular formula is C22H22N4O3S. The van der Waals surface area contributed by atoms with E-state index in [9.17, 15) is 14.4 Å². The standard InChI is InChI=1S/C22H22N4O3S/c1-3-25-10-11-26(22(29)21(25)28)13-19(27)23-16-7-5-15(6-8-16)20-24-17-9-4-14(2)12-18(17)30-20/h4-9,12H,3,10-11,13H2,1-2H3,(H,23,27). The monoisotopic (exact) mass is 422 g/mol. The SMILES string of the molecule is CCN1CCN(CC(=O)Nc2ccc(-c3nc4ccc(C)cc4s3)cc2)C(=O)C1=O. The first-order valence-electron chi connectivity index (χ1n) is 9.80. The highest BCUT2D eigenvalue weighted by Gasteiger charge is 2.32. The van der Waals surface area contributed by atoms with Crippen molar-refractivity contribution in [2.24, 2.45) is 0 Å². The molecule has 0 aliphatic carbocycles. The van der Waals surface area contributed by atoms with Gasteiger partial charge in [-0.2, -0.15) is 0 Å². The Hall–Kier alpha value is -3.26. The number of rotatable bonds is 5. The highest BCUT2D eigenvalue weighted by Crippen LogP contribution is 2.31. The van der Waals surface area contributed by atoms with E-state index in [2.05, 4.69) is 23.3 Å². The van der Waals surface area contributed by atoms with Gasteiger partial charge in [0, 0.05) is 30.9 Å². The predicted octanol–water partition coefficient (Wildman–Crippen LogP) is 2.90. The number of carbonyl (C=O) groups excluding carboxylic acids is 3. The van der Waals surface area contributed by atoms with Crippen LogP contribution in [0.3, 0.4) is 0 Å². The van der Waals surface area contributed by atoms with Crippen molar-refractivity contribution in [2.75, 3.05) is 31.5 Å². The first-order valence-corrected chi connectivity index (χ1v) is 10.6. The molecule has 8 heteroatoms. The fourth-order valence-corrected chi connectivity index (χ4v) is 4.46. The number of anilines is 1. The zero-order valence-electron chi connectivity index (χ0n) is 16.8. The molecule has 1 aliphatic heterocycles. The molecular weight excluding hydrogens is 400 g/mol. The van der Waals surface area contributed by atoms with Crippen LogP contribution in [-0.2, 0) is 14.4 Å². The van der Waals surface area contributed by atoms with Crippen molar-refractivity contribution in [3.8, 4) is 10.6 Å². The van der Waals surface area contributed by atoms with Crippen LogP contribution in [0.15, 0.2) is 42.5 Å². The number of benzene rings is 2. The van der Waals surface area contributed by atoms with Crippen LogP contribution in [0, 0.1) is 6.92 Å². The maximum Gasteiger partial charge on any atom is 0.312 e. The lowest BCUT2D eigenvalue weighted by atomic mass is 10.2. The Morgan fingerprint density at radius 3 is 2.50 bits per heavy atom. The minimum atomic E-state index is -0.625. The van der Waals surface area contributed by atoms with E-state index in [1.165, 1.54) is 15.4 Å². The number of fused-ring (bicyclic) bond motifs is 1. The molecule has 7 nitrogen and oxygen atoms in total. The van der Waals surface area contributed by atoms with Gasteiger partial charge in [-0.05, 0) is 55.8 Å². The van der Waals surface area contributed by atoms with E-state index >= 15 is 0 Å². The Morgan fingerprint density at radius 2 is 1.77 bits per heavy atom. The van der Waals surface area contributed by atoms with Crippen LogP contribution in [0.5, 0.6) is 0 Å². The summed E-state index contributed by atoms with van der Waals surface area (Å²) in [7, 11) is 0. The fourth-order valence-electron chi connectivity index (χ4n) is 3.39. The zero-order chi connectivity index (χ0) is 21.3. The van der Waals surface area contributed by atoms with Crippen molar-refractivity contribution in [3.63, 3.8) is 0 Å². The topological polar surface area (TPSA) is 82.6 Å². The second-order valence-electron chi connectivity index (χ2n) is 7.23. The molecule has 3 amide bonds. The summed E-state index contributed by atoms with van der Waals surface area (Å²) in [5.41, 5.74) is 3.78. The predicted molar refractivity (Wildman–Crippen MR) is 117 cm³/mol. The van der Waals surface area contributed by atoms with Gasteiger partial charge in [0.05, 0.1) is 10.2 Å². The van der Waals surface area contributed by atoms with Crippen molar-refractivity contribution in [3.05, 3.63) is 48.0 Å². The molecule has 154 valence electrons. The molecule has 1 saturated heterocycles. The highest BCUT2D eigenvalue weighted by molar-refractivity contribution is 7.21. The molecule has 0 unspecified atom stereocenters. The number of carbonyl (C=O) groups is 3. The van der Waals surface area contributed by atoms with Gasteiger partial charge in [0.15, 0.2) is 0 Å². The summed E-state index contributed by atoms with van der Waals surface area (Å²) in [4.78, 5) is 43.9. The summed E-state index contributed by atoms with van der Waals surface area (Å²) in [5, 5.41) is 3.71. The van der Waals surface area contributed by atoms with Gasteiger partial charge in [-0.15, -0.1) is 11.3 Å². The molecule has 0 radical (unpaired) electrons. The average molecular weight is 423 g/mol. The summed E-state index contributed by atoms with van der Waals surface area (Å²) < 4.78 is 1.14. The summed E-state index contributed by atoms with van der Waals surface area (Å²) in [6, 6.07) is 13.6. The minimum absolute atomic E-state index is 0.138. The minimum Gasteiger partial charge on any atom is -0.333 e. The largest absolute Gasteiger partial charge is 0.333 e. The van der Waals surface area contributed by atoms with Gasteiger partial charge < -0.3 is 15.1 Å². The molecule has 30 heavy (non-hydrogen) atoms. The summed E-state index contributed by atoms with van der Waals surface area (Å²) in [6.45, 7) is 5.05. The van der Waals surface area contributed by atoms with Gasteiger partial charge in [0.2, 0.25) is 5.91 Å². The quantitative estimate of drug-likeness (QED) is 0.641. The third kappa shape index (κ3) is 4.04. The van der Waals surface area contributed by atoms with Gasteiger partial charge in [-0.25, -0.2) is 4.98 Å². The molecule has 3 aromatic rings. The normalized spacial score (nSPS) is 14.5. The first kappa shape index (κ1) is 20.0. The van der Waals surface area contributed by atoms with E-state index in [1.807, 2.05) is 43.3 Å². The number of nitrogens with zero attached hydrogens (tertiary/aromatic N) is 3. The van der Waals surface area contributed by atoms with E-state index < -0.39 is 11.8 Å². The lowest BCUT2D eigenvalue weighted by Gasteiger charge is -2.32. The van der Waals surface area contributed by atoms with Gasteiger partial charge in [0.1, 0.15) is 11.6 Å². The average Bonchev–Trinajstić information content (AvgIpc) is 3.15. The van der Waals surface area contributed by atoms with E-state index in [1.54, 1.807) is 11.3 Å². The van der Waals surface area contributed by atoms with Crippen molar-refractivity contribution in [1.29, 1.82) is 0 Å². The maximum atomic E-state index is 12.3. The first-order chi connectivity index (χ1) is 14.4. The Balaban J connectivity index is 1.40. The van der Waals surface area contributed by atoms with E-state index in [-0.39, 0.29) is 12.5 Å². The second kappa shape index (κ2) is 8.23. The smallest absolute Gasteiger partial charge is 0.312 e. The Labute approximate surface area is 178 Å². The Morgan fingerprint density at radius 1 is 1.07 bits per heavy atom. The van der Waals surface area contributed by atoms with E-state index in [0.717, 1.165) is 20.8 Å². The number of aromatic nitrogens is 1. The third-order valence-corrected chi connectivity index (χ3v) is 6.14. The van der Waals surface area contributed by atoms with Crippen LogP contribution < -0.4 is 5.32 Å². The van der Waals surface area contributed by atoms with Gasteiger partial charge in [0.25, 0.3) is 0 Å². The molecule has 0 saturated carbocycles. The molecule has 1 fully saturated rings. The van der Waals surface area contributed by atoms with E-state index in [4.69, 9.17) is 0 Å². The van der Waals surface area contributed by atoms with Crippen LogP contribution in [0.1, 0.15) is 12.5 Å². The van der Waals surface area contributed by atoms with Gasteiger partial charge in [-0.3, -0.25) is 14.4 Å². The lowest BCUT2D eigenvalue weighted by molar-refractivity contribution is -0.156. The van der Waals surface area contributed by atoms with Crippen LogP contribution in [-0.4, -0.2) is 58.7 Å². The maximum absolute atomic E-state index is 12.3. The van der Waals surface area contributed by atoms with Gasteiger partial charge in [-0.1, -0.05) is 6.07 Å². The zero-order valence-corrected chi connectivity index (χ0v) is 17.7. The number of piperazine rings is 1. The number of amides is 3. The number of thiazole rings is 1. The summed E-state index contributed by atoms with van der Waals surface area (Å²) >= 11 is 1.63. The number of nitrogens with one attached hydrogen (secondary N) is 1. The number of likely N-dealkylation sites (N-methyl/N-ethyl adjacent to an activating group) is 1. The van der Waals surface area contributed by atoms with Gasteiger partial charge >= 0.3 is 11.8 Å². The Bertz CT molecular complexity index is 1120. The molecule has 0 atom stereocenters. The lowest BCUT2D eigenvalue weighted by Crippen LogP contribution is -2.55. The number of aryl methyl sites for hydroxylation is 1. The van der Waals surface area contributed by atoms with Crippen molar-refractivity contribution < 1.29 is 14.4 Å². The number of hydrogen-bond acceptors (Lipinski definition) is 5. The molecule has 2 heterocycles. The van der Waals surface area contributed by atoms with Crippen LogP contribution in [0.4, 0.5) is 5.69 Å². The molecule has 1 N–H and O–H groups in total. The van der Waals surface area contributed by atoms with Crippen LogP contribution in [0.25, 0.3) is 20.8 Å². The Kier molecular flexibility index (Phi) is 5.50. The van der Waals surface area contributed by atoms with Crippen LogP contribution in [0.2, 0.25) is 0 Å². The van der Waals surface area contributed by atoms with Crippen molar-refractivity contribution in [2.45, 2.75) is 13.8 Å². The molecule has 1 aliphatic rings. The summed E-state index contributed by atoms with van der Waals surface area (Å²) in [6.07, 6.45) is 0. The van der Waals surface area contributed by atoms with Crippen molar-refractivity contribution in [1.82, 2.24) is 14.8 Å². The molecule has 1 aromatic heterocycles. The second-order valence-corrected chi connectivity index (χ2v) is 8.26. The van der Waals surface area contributed by atoms with E-state index in [0.29, 0.717) is 25.3 Å². The molecule has 4 rings (SSSR count). The summed E-state index contributed by atoms with van der Waals surface area (Å²) in [5.74, 6) is -1.50. The molecule has 2 aromatic carbocycles. The third-order valence-electron chi connectivity index (χ3n) is 5.07. The van der Waals surface area contributed by atoms with Crippen LogP contribution >= 0.6 is 11.3 Å². The van der Waals surface area contributed by atoms with Crippen molar-refractivity contribution >= 4 is 45.0 Å². The fraction of sp³-hybridized carbons (Fsp3) is 0.273.